The molecule has 0 aromatic rings. The van der Waals surface area contributed by atoms with Crippen LogP contribution in [-0.4, -0.2) is 58.3 Å². The van der Waals surface area contributed by atoms with Crippen LogP contribution in [0.5, 0.6) is 0 Å². The Morgan fingerprint density at radius 3 is 2.19 bits per heavy atom. The Labute approximate surface area is 163 Å². The van der Waals surface area contributed by atoms with Crippen LogP contribution in [0.1, 0.15) is 81.1 Å². The molecule has 0 spiro atoms. The van der Waals surface area contributed by atoms with Crippen molar-refractivity contribution in [2.45, 2.75) is 98.2 Å². The van der Waals surface area contributed by atoms with E-state index in [4.69, 9.17) is 9.36 Å². The van der Waals surface area contributed by atoms with Gasteiger partial charge in [0.05, 0.1) is 28.8 Å². The minimum absolute atomic E-state index is 0.0122. The van der Waals surface area contributed by atoms with E-state index in [-0.39, 0.29) is 23.1 Å². The third-order valence-electron chi connectivity index (χ3n) is 5.09. The Kier molecular flexibility index (Phi) is 9.46. The fourth-order valence-electron chi connectivity index (χ4n) is 3.90. The zero-order valence-electron chi connectivity index (χ0n) is 18.4. The monoisotopic (exact) mass is 390 g/mol. The second-order valence-electron chi connectivity index (χ2n) is 9.65. The van der Waals surface area contributed by atoms with Crippen molar-refractivity contribution in [1.29, 1.82) is 0 Å². The topological polar surface area (TPSA) is 45.2 Å². The molecule has 5 nitrogen and oxygen atoms in total. The van der Waals surface area contributed by atoms with Crippen molar-refractivity contribution in [2.24, 2.45) is 5.41 Å². The van der Waals surface area contributed by atoms with Gasteiger partial charge in [-0.05, 0) is 53.9 Å². The summed E-state index contributed by atoms with van der Waals surface area (Å²) in [5.74, 6) is 0. The lowest BCUT2D eigenvalue weighted by Crippen LogP contribution is -2.63. The maximum absolute atomic E-state index is 9.46. The summed E-state index contributed by atoms with van der Waals surface area (Å²) in [6.07, 6.45) is 4.51. The lowest BCUT2D eigenvalue weighted by atomic mass is 9.79. The number of hydrogen-bond acceptors (Lipinski definition) is 5. The number of hydroxylamine groups is 2. The molecule has 1 saturated heterocycles. The van der Waals surface area contributed by atoms with Gasteiger partial charge in [0.15, 0.2) is 0 Å². The zero-order chi connectivity index (χ0) is 20.0. The molecule has 0 bridgehead atoms. The molecule has 0 saturated carbocycles. The van der Waals surface area contributed by atoms with E-state index >= 15 is 0 Å². The van der Waals surface area contributed by atoms with E-state index in [0.29, 0.717) is 28.2 Å². The smallest absolute Gasteiger partial charge is 0.0892 e. The molecule has 0 radical (unpaired) electrons. The van der Waals surface area contributed by atoms with Gasteiger partial charge >= 0.3 is 0 Å². The van der Waals surface area contributed by atoms with E-state index in [1.165, 1.54) is 12.8 Å². The van der Waals surface area contributed by atoms with E-state index in [1.54, 1.807) is 0 Å². The van der Waals surface area contributed by atoms with Crippen molar-refractivity contribution in [3.05, 3.63) is 0 Å². The second kappa shape index (κ2) is 10.1. The normalized spacial score (nSPS) is 21.9. The molecule has 1 aliphatic rings. The summed E-state index contributed by atoms with van der Waals surface area (Å²) in [5, 5.41) is 11.7. The number of aliphatic hydroxyl groups is 1. The van der Waals surface area contributed by atoms with Gasteiger partial charge in [0.25, 0.3) is 0 Å². The van der Waals surface area contributed by atoms with Crippen LogP contribution < -0.4 is 0 Å². The molecule has 1 N–H and O–H groups in total. The molecule has 1 aliphatic heterocycles. The summed E-state index contributed by atoms with van der Waals surface area (Å²) < 4.78 is 8.59. The van der Waals surface area contributed by atoms with Crippen molar-refractivity contribution in [3.63, 3.8) is 0 Å². The molecule has 1 rings (SSSR count). The third-order valence-corrected chi connectivity index (χ3v) is 6.19. The van der Waals surface area contributed by atoms with Crippen LogP contribution in [0.3, 0.4) is 0 Å². The molecule has 0 aromatic heterocycles. The van der Waals surface area contributed by atoms with Gasteiger partial charge in [-0.25, -0.2) is 0 Å². The van der Waals surface area contributed by atoms with Crippen molar-refractivity contribution in [2.75, 3.05) is 26.4 Å². The van der Waals surface area contributed by atoms with Gasteiger partial charge in [-0.2, -0.15) is 5.06 Å². The third kappa shape index (κ3) is 7.00. The lowest BCUT2D eigenvalue weighted by Gasteiger charge is -2.55. The molecular weight excluding hydrogens is 347 g/mol. The largest absolute Gasteiger partial charge is 0.396 e. The molecule has 26 heavy (non-hydrogen) atoms. The summed E-state index contributed by atoms with van der Waals surface area (Å²) >= 11 is 0. The quantitative estimate of drug-likeness (QED) is 0.522. The minimum Gasteiger partial charge on any atom is -0.396 e. The highest BCUT2D eigenvalue weighted by atomic mass is 31.1. The number of hydrogen-bond donors (Lipinski definition) is 1. The predicted octanol–water partition coefficient (Wildman–Crippen LogP) is 4.61. The second-order valence-corrected chi connectivity index (χ2v) is 10.7. The van der Waals surface area contributed by atoms with Crippen molar-refractivity contribution < 1.29 is 14.5 Å². The first-order valence-corrected chi connectivity index (χ1v) is 11.0. The SMILES string of the molecule is CCCCN(POCC(C)(C)CO)C1CC(C)(C)N(OCC)C(C)(C)C1. The van der Waals surface area contributed by atoms with Gasteiger partial charge < -0.3 is 9.63 Å². The van der Waals surface area contributed by atoms with Crippen molar-refractivity contribution in [1.82, 2.24) is 9.73 Å². The zero-order valence-corrected chi connectivity index (χ0v) is 19.4. The van der Waals surface area contributed by atoms with Gasteiger partial charge in [0.2, 0.25) is 0 Å². The van der Waals surface area contributed by atoms with Crippen molar-refractivity contribution in [3.8, 4) is 0 Å². The minimum atomic E-state index is -0.180. The summed E-state index contributed by atoms with van der Waals surface area (Å²) in [4.78, 5) is 6.02. The van der Waals surface area contributed by atoms with Crippen LogP contribution in [-0.2, 0) is 9.36 Å². The summed E-state index contributed by atoms with van der Waals surface area (Å²) in [5.41, 5.74) is -0.205. The number of aliphatic hydroxyl groups excluding tert-OH is 1. The number of nitrogens with zero attached hydrogens (tertiary/aromatic N) is 2. The van der Waals surface area contributed by atoms with Gasteiger partial charge in [-0.15, -0.1) is 0 Å². The average Bonchev–Trinajstić information content (AvgIpc) is 2.53. The highest BCUT2D eigenvalue weighted by molar-refractivity contribution is 7.29. The fraction of sp³-hybridized carbons (Fsp3) is 1.00. The van der Waals surface area contributed by atoms with Gasteiger partial charge in [0, 0.05) is 29.1 Å². The Bertz CT molecular complexity index is 398. The maximum atomic E-state index is 9.46. The van der Waals surface area contributed by atoms with Gasteiger partial charge in [-0.1, -0.05) is 27.2 Å². The number of unbranched alkanes of at least 4 members (excludes halogenated alkanes) is 1. The van der Waals surface area contributed by atoms with Gasteiger partial charge in [-0.3, -0.25) is 9.51 Å². The Hall–Kier alpha value is 0.230. The molecule has 156 valence electrons. The number of rotatable bonds is 11. The molecule has 1 atom stereocenters. The highest BCUT2D eigenvalue weighted by Crippen LogP contribution is 2.43. The van der Waals surface area contributed by atoms with Crippen molar-refractivity contribution >= 4 is 8.96 Å². The predicted molar refractivity (Wildman–Crippen MR) is 111 cm³/mol. The Morgan fingerprint density at radius 1 is 1.15 bits per heavy atom. The van der Waals surface area contributed by atoms with Crippen LogP contribution in [0, 0.1) is 5.41 Å². The molecule has 1 heterocycles. The molecular formula is C20H43N2O3P. The highest BCUT2D eigenvalue weighted by Gasteiger charge is 2.47. The summed E-state index contributed by atoms with van der Waals surface area (Å²) in [6, 6.07) is 0.485. The van der Waals surface area contributed by atoms with E-state index < -0.39 is 0 Å². The van der Waals surface area contributed by atoms with Crippen LogP contribution in [0.25, 0.3) is 0 Å². The van der Waals surface area contributed by atoms with Crippen LogP contribution in [0.15, 0.2) is 0 Å². The molecule has 0 amide bonds. The Morgan fingerprint density at radius 2 is 1.73 bits per heavy atom. The standard InChI is InChI=1S/C20H43N2O3P/c1-9-11-12-21(26-25-16-18(3,4)15-23)17-13-19(5,6)22(24-10-2)20(7,8)14-17/h17,23,26H,9-16H2,1-8H3. The van der Waals surface area contributed by atoms with Crippen LogP contribution in [0.4, 0.5) is 0 Å². The summed E-state index contributed by atoms with van der Waals surface area (Å²) in [7, 11) is 0.349. The first-order valence-electron chi connectivity index (χ1n) is 10.2. The van der Waals surface area contributed by atoms with E-state index in [9.17, 15) is 5.11 Å². The first-order chi connectivity index (χ1) is 12.0. The van der Waals surface area contributed by atoms with E-state index in [1.807, 2.05) is 13.8 Å². The molecule has 0 aromatic carbocycles. The van der Waals surface area contributed by atoms with Gasteiger partial charge in [0.1, 0.15) is 0 Å². The Balaban J connectivity index is 2.83. The van der Waals surface area contributed by atoms with Crippen LogP contribution >= 0.6 is 8.96 Å². The summed E-state index contributed by atoms with van der Waals surface area (Å²) in [6.45, 7) is 20.0. The lowest BCUT2D eigenvalue weighted by molar-refractivity contribution is -0.284. The maximum Gasteiger partial charge on any atom is 0.0892 e. The average molecular weight is 391 g/mol. The molecule has 6 heteroatoms. The first kappa shape index (κ1) is 24.3. The number of piperidine rings is 1. The van der Waals surface area contributed by atoms with Crippen LogP contribution in [0.2, 0.25) is 0 Å². The molecule has 0 aliphatic carbocycles. The molecule has 1 unspecified atom stereocenters. The van der Waals surface area contributed by atoms with E-state index in [0.717, 1.165) is 19.4 Å². The fourth-order valence-corrected chi connectivity index (χ4v) is 5.10. The molecule has 1 fully saturated rings. The van der Waals surface area contributed by atoms with E-state index in [2.05, 4.69) is 51.3 Å².